The standard InChI is InChI=1S/C21H21N9/c1-14-25-26-15(2)30(14)27-12-22-20-24-19(16-8-4-3-5-9-16)29-18-11-7-6-10-17(18)23-21(29)28(20)13-27/h3-11,19H,12-13H2,1-2H3,(H,22,24)/t19-/m1/s1. The van der Waals surface area contributed by atoms with Gasteiger partial charge in [-0.3, -0.25) is 14.5 Å². The van der Waals surface area contributed by atoms with Crippen molar-refractivity contribution in [2.45, 2.75) is 20.0 Å². The second-order valence-electron chi connectivity index (χ2n) is 7.53. The molecule has 2 aliphatic rings. The van der Waals surface area contributed by atoms with Gasteiger partial charge < -0.3 is 5.32 Å². The highest BCUT2D eigenvalue weighted by Gasteiger charge is 2.36. The van der Waals surface area contributed by atoms with E-state index in [0.29, 0.717) is 13.3 Å². The van der Waals surface area contributed by atoms with Crippen molar-refractivity contribution in [3.05, 3.63) is 71.8 Å². The molecular weight excluding hydrogens is 378 g/mol. The molecule has 6 rings (SSSR count). The molecule has 2 aromatic carbocycles. The van der Waals surface area contributed by atoms with Gasteiger partial charge in [0, 0.05) is 0 Å². The predicted octanol–water partition coefficient (Wildman–Crippen LogP) is 2.12. The van der Waals surface area contributed by atoms with E-state index in [1.807, 2.05) is 30.7 Å². The molecule has 0 unspecified atom stereocenters. The summed E-state index contributed by atoms with van der Waals surface area (Å²) in [6.45, 7) is 5.01. The molecule has 0 bridgehead atoms. The van der Waals surface area contributed by atoms with Crippen LogP contribution in [0.1, 0.15) is 23.4 Å². The highest BCUT2D eigenvalue weighted by Crippen LogP contribution is 2.33. The van der Waals surface area contributed by atoms with E-state index in [1.54, 1.807) is 0 Å². The molecule has 2 aliphatic heterocycles. The van der Waals surface area contributed by atoms with Crippen LogP contribution in [0.2, 0.25) is 0 Å². The van der Waals surface area contributed by atoms with Gasteiger partial charge in [-0.15, -0.1) is 10.2 Å². The summed E-state index contributed by atoms with van der Waals surface area (Å²) >= 11 is 0. The average Bonchev–Trinajstić information content (AvgIpc) is 3.33. The Kier molecular flexibility index (Phi) is 3.58. The van der Waals surface area contributed by atoms with Crippen LogP contribution in [0.15, 0.2) is 59.6 Å². The molecule has 0 amide bonds. The highest BCUT2D eigenvalue weighted by molar-refractivity contribution is 5.99. The van der Waals surface area contributed by atoms with Gasteiger partial charge in [-0.25, -0.2) is 14.7 Å². The number of benzene rings is 2. The Labute approximate surface area is 173 Å². The fourth-order valence-electron chi connectivity index (χ4n) is 4.32. The molecule has 2 aromatic heterocycles. The van der Waals surface area contributed by atoms with Crippen molar-refractivity contribution in [2.75, 3.05) is 23.2 Å². The fourth-order valence-corrected chi connectivity index (χ4v) is 4.32. The van der Waals surface area contributed by atoms with Gasteiger partial charge >= 0.3 is 0 Å². The van der Waals surface area contributed by atoms with Gasteiger partial charge in [0.15, 0.2) is 0 Å². The minimum Gasteiger partial charge on any atom is -0.331 e. The van der Waals surface area contributed by atoms with Gasteiger partial charge in [0.25, 0.3) is 0 Å². The summed E-state index contributed by atoms with van der Waals surface area (Å²) in [4.78, 5) is 11.9. The number of imidazole rings is 1. The van der Waals surface area contributed by atoms with Gasteiger partial charge in [0.1, 0.15) is 31.2 Å². The van der Waals surface area contributed by atoms with E-state index < -0.39 is 0 Å². The molecule has 9 nitrogen and oxygen atoms in total. The first-order valence-corrected chi connectivity index (χ1v) is 9.95. The minimum absolute atomic E-state index is 0.0754. The van der Waals surface area contributed by atoms with Crippen molar-refractivity contribution in [3.63, 3.8) is 0 Å². The Morgan fingerprint density at radius 3 is 2.47 bits per heavy atom. The van der Waals surface area contributed by atoms with Crippen LogP contribution in [-0.2, 0) is 0 Å². The summed E-state index contributed by atoms with van der Waals surface area (Å²) in [5.41, 5.74) is 3.21. The van der Waals surface area contributed by atoms with E-state index >= 15 is 0 Å². The molecule has 0 fully saturated rings. The topological polar surface area (TPSA) is 79.4 Å². The zero-order chi connectivity index (χ0) is 20.2. The average molecular weight is 399 g/mol. The first kappa shape index (κ1) is 17.0. The molecule has 9 heteroatoms. The Bertz CT molecular complexity index is 1250. The normalized spacial score (nSPS) is 18.1. The second-order valence-corrected chi connectivity index (χ2v) is 7.53. The smallest absolute Gasteiger partial charge is 0.217 e. The van der Waals surface area contributed by atoms with E-state index in [0.717, 1.165) is 40.2 Å². The molecule has 1 atom stereocenters. The van der Waals surface area contributed by atoms with Crippen molar-refractivity contribution in [1.29, 1.82) is 0 Å². The summed E-state index contributed by atoms with van der Waals surface area (Å²) in [5, 5.41) is 14.1. The first-order valence-electron chi connectivity index (χ1n) is 9.95. The van der Waals surface area contributed by atoms with Crippen LogP contribution in [0.25, 0.3) is 11.0 Å². The third kappa shape index (κ3) is 2.41. The molecule has 4 heterocycles. The molecule has 0 saturated heterocycles. The Morgan fingerprint density at radius 2 is 1.67 bits per heavy atom. The van der Waals surface area contributed by atoms with Crippen LogP contribution in [0.3, 0.4) is 0 Å². The predicted molar refractivity (Wildman–Crippen MR) is 115 cm³/mol. The maximum Gasteiger partial charge on any atom is 0.217 e. The number of nitrogens with zero attached hydrogens (tertiary/aromatic N) is 8. The molecule has 30 heavy (non-hydrogen) atoms. The van der Waals surface area contributed by atoms with Crippen molar-refractivity contribution in [2.24, 2.45) is 4.99 Å². The molecular formula is C21H21N9. The number of nitrogens with one attached hydrogen (secondary N) is 1. The minimum atomic E-state index is -0.0754. The number of fused-ring (bicyclic) bond motifs is 5. The Hall–Kier alpha value is -3.88. The molecule has 0 radical (unpaired) electrons. The van der Waals surface area contributed by atoms with Crippen molar-refractivity contribution in [1.82, 2.24) is 29.7 Å². The maximum atomic E-state index is 4.97. The van der Waals surface area contributed by atoms with E-state index in [1.165, 1.54) is 0 Å². The third-order valence-electron chi connectivity index (χ3n) is 5.64. The SMILES string of the molecule is Cc1nnc(C)n1N1CN=C2N[C@@H](c3ccccc3)n3c(nc4ccccc43)N2C1. The molecule has 0 saturated carbocycles. The molecule has 4 aromatic rings. The number of hydrogen-bond acceptors (Lipinski definition) is 7. The van der Waals surface area contributed by atoms with Gasteiger partial charge in [-0.1, -0.05) is 42.5 Å². The lowest BCUT2D eigenvalue weighted by molar-refractivity contribution is 0.488. The lowest BCUT2D eigenvalue weighted by atomic mass is 10.1. The van der Waals surface area contributed by atoms with Crippen LogP contribution in [0.4, 0.5) is 5.95 Å². The summed E-state index contributed by atoms with van der Waals surface area (Å²) in [6, 6.07) is 18.6. The zero-order valence-electron chi connectivity index (χ0n) is 16.8. The third-order valence-corrected chi connectivity index (χ3v) is 5.64. The van der Waals surface area contributed by atoms with E-state index in [4.69, 9.17) is 9.98 Å². The maximum absolute atomic E-state index is 4.97. The summed E-state index contributed by atoms with van der Waals surface area (Å²) < 4.78 is 4.26. The number of hydrogen-bond donors (Lipinski definition) is 1. The van der Waals surface area contributed by atoms with Gasteiger partial charge in [0.2, 0.25) is 11.9 Å². The zero-order valence-corrected chi connectivity index (χ0v) is 16.8. The fraction of sp³-hybridized carbons (Fsp3) is 0.238. The summed E-state index contributed by atoms with van der Waals surface area (Å²) in [7, 11) is 0. The monoisotopic (exact) mass is 399 g/mol. The molecule has 1 N–H and O–H groups in total. The Balaban J connectivity index is 1.50. The first-order chi connectivity index (χ1) is 14.7. The van der Waals surface area contributed by atoms with Crippen LogP contribution >= 0.6 is 0 Å². The second kappa shape index (κ2) is 6.31. The molecule has 0 spiro atoms. The van der Waals surface area contributed by atoms with Crippen LogP contribution in [-0.4, -0.2) is 43.7 Å². The number of para-hydroxylation sites is 2. The number of rotatable bonds is 2. The quantitative estimate of drug-likeness (QED) is 0.556. The van der Waals surface area contributed by atoms with Crippen molar-refractivity contribution < 1.29 is 0 Å². The van der Waals surface area contributed by atoms with Crippen LogP contribution in [0.5, 0.6) is 0 Å². The number of aryl methyl sites for hydroxylation is 2. The highest BCUT2D eigenvalue weighted by atomic mass is 15.7. The van der Waals surface area contributed by atoms with E-state index in [2.05, 4.69) is 72.5 Å². The van der Waals surface area contributed by atoms with Crippen LogP contribution < -0.4 is 15.2 Å². The van der Waals surface area contributed by atoms with Crippen molar-refractivity contribution in [3.8, 4) is 0 Å². The van der Waals surface area contributed by atoms with E-state index in [-0.39, 0.29) is 6.17 Å². The van der Waals surface area contributed by atoms with Gasteiger partial charge in [-0.05, 0) is 31.5 Å². The number of anilines is 1. The van der Waals surface area contributed by atoms with Gasteiger partial charge in [0.05, 0.1) is 11.0 Å². The Morgan fingerprint density at radius 1 is 0.933 bits per heavy atom. The molecule has 0 aliphatic carbocycles. The lowest BCUT2D eigenvalue weighted by Gasteiger charge is -2.42. The van der Waals surface area contributed by atoms with Crippen molar-refractivity contribution >= 4 is 22.9 Å². The summed E-state index contributed by atoms with van der Waals surface area (Å²) in [5.74, 6) is 3.38. The number of guanidine groups is 1. The van der Waals surface area contributed by atoms with Crippen LogP contribution in [0, 0.1) is 13.8 Å². The largest absolute Gasteiger partial charge is 0.331 e. The molecule has 150 valence electrons. The lowest BCUT2D eigenvalue weighted by Crippen LogP contribution is -2.59. The number of aliphatic imine (C=N–C) groups is 1. The van der Waals surface area contributed by atoms with E-state index in [9.17, 15) is 0 Å². The number of aromatic nitrogens is 5. The van der Waals surface area contributed by atoms with Gasteiger partial charge in [-0.2, -0.15) is 0 Å². The summed E-state index contributed by atoms with van der Waals surface area (Å²) in [6.07, 6.45) is -0.0754.